The molecule has 0 aliphatic rings. The van der Waals surface area contributed by atoms with Crippen molar-refractivity contribution < 1.29 is 14.3 Å². The topological polar surface area (TPSA) is 104 Å². The van der Waals surface area contributed by atoms with Gasteiger partial charge in [0.2, 0.25) is 5.95 Å². The van der Waals surface area contributed by atoms with Gasteiger partial charge in [-0.3, -0.25) is 4.79 Å². The molecule has 8 nitrogen and oxygen atoms in total. The Labute approximate surface area is 223 Å². The second-order valence-electron chi connectivity index (χ2n) is 9.60. The maximum atomic E-state index is 12.1. The van der Waals surface area contributed by atoms with E-state index in [2.05, 4.69) is 27.1 Å². The number of hydrogen-bond acceptors (Lipinski definition) is 7. The van der Waals surface area contributed by atoms with Crippen LogP contribution in [0.25, 0.3) is 11.0 Å². The summed E-state index contributed by atoms with van der Waals surface area (Å²) in [6.45, 7) is 9.15. The van der Waals surface area contributed by atoms with E-state index in [4.69, 9.17) is 26.8 Å². The number of hydrogen-bond donors (Lipinski definition) is 2. The van der Waals surface area contributed by atoms with E-state index >= 15 is 0 Å². The van der Waals surface area contributed by atoms with Crippen LogP contribution in [0.5, 0.6) is 0 Å². The molecule has 0 fully saturated rings. The fraction of sp³-hybridized carbons (Fsp3) is 0.393. The minimum atomic E-state index is -0.494. The zero-order chi connectivity index (χ0) is 27.0. The lowest BCUT2D eigenvalue weighted by molar-refractivity contribution is -0.156. The lowest BCUT2D eigenvalue weighted by Gasteiger charge is -2.22. The van der Waals surface area contributed by atoms with Gasteiger partial charge in [0.25, 0.3) is 0 Å². The number of nitrogens with one attached hydrogen (secondary N) is 1. The monoisotopic (exact) mass is 523 g/mol. The number of nitrogen functional groups attached to an aromatic ring is 1. The summed E-state index contributed by atoms with van der Waals surface area (Å²) in [4.78, 5) is 20.6. The lowest BCUT2D eigenvalue weighted by Crippen LogP contribution is -2.40. The number of ether oxygens (including phenoxy) is 2. The summed E-state index contributed by atoms with van der Waals surface area (Å²) < 4.78 is 12.4. The van der Waals surface area contributed by atoms with Crippen LogP contribution in [0, 0.1) is 11.8 Å². The second-order valence-corrected chi connectivity index (χ2v) is 9.96. The molecule has 0 saturated heterocycles. The van der Waals surface area contributed by atoms with E-state index < -0.39 is 5.60 Å². The van der Waals surface area contributed by atoms with Gasteiger partial charge in [-0.15, -0.1) is 0 Å². The maximum absolute atomic E-state index is 12.1. The zero-order valence-electron chi connectivity index (χ0n) is 22.0. The van der Waals surface area contributed by atoms with Gasteiger partial charge in [0.1, 0.15) is 22.4 Å². The Morgan fingerprint density at radius 2 is 1.95 bits per heavy atom. The number of benzene rings is 1. The summed E-state index contributed by atoms with van der Waals surface area (Å²) in [7, 11) is 1.65. The number of nitrogens with zero attached hydrogens (tertiary/aromatic N) is 3. The third-order valence-electron chi connectivity index (χ3n) is 5.34. The van der Waals surface area contributed by atoms with E-state index in [1.165, 1.54) is 0 Å². The van der Waals surface area contributed by atoms with Crippen LogP contribution in [-0.4, -0.2) is 52.4 Å². The first kappa shape index (κ1) is 28.2. The standard InChI is InChI=1S/C28H34ClN5O3/c1-19(26(35)37-28(2,3)4)31-15-14-21-10-8-20(9-11-21)12-13-22-18-34(16-6-7-17-36-5)25-23(22)24(29)32-27(30)33-25/h6-11,18-19,31H,14-17H2,1-5H3,(H2,30,32,33)/b7-6+. The normalized spacial score (nSPS) is 12.5. The van der Waals surface area contributed by atoms with Gasteiger partial charge in [0.05, 0.1) is 17.6 Å². The predicted octanol–water partition coefficient (Wildman–Crippen LogP) is 4.13. The van der Waals surface area contributed by atoms with Crippen molar-refractivity contribution in [2.24, 2.45) is 0 Å². The number of esters is 1. The molecule has 0 amide bonds. The van der Waals surface area contributed by atoms with Crippen LogP contribution in [0.2, 0.25) is 5.15 Å². The third kappa shape index (κ3) is 8.32. The molecule has 2 aromatic heterocycles. The number of aromatic nitrogens is 3. The van der Waals surface area contributed by atoms with Crippen molar-refractivity contribution in [3.05, 3.63) is 64.5 Å². The van der Waals surface area contributed by atoms with Crippen LogP contribution < -0.4 is 11.1 Å². The van der Waals surface area contributed by atoms with Crippen molar-refractivity contribution >= 4 is 34.6 Å². The highest BCUT2D eigenvalue weighted by molar-refractivity contribution is 6.34. The molecule has 0 radical (unpaired) electrons. The fourth-order valence-electron chi connectivity index (χ4n) is 3.55. The summed E-state index contributed by atoms with van der Waals surface area (Å²) in [5.41, 5.74) is 8.70. The Bertz CT molecular complexity index is 1310. The third-order valence-corrected chi connectivity index (χ3v) is 5.61. The number of carbonyl (C=O) groups is 1. The van der Waals surface area contributed by atoms with Gasteiger partial charge in [-0.25, -0.2) is 4.98 Å². The molecule has 0 bridgehead atoms. The van der Waals surface area contributed by atoms with E-state index in [1.807, 2.05) is 74.9 Å². The molecule has 1 unspecified atom stereocenters. The molecular weight excluding hydrogens is 490 g/mol. The summed E-state index contributed by atoms with van der Waals surface area (Å²) >= 11 is 6.40. The highest BCUT2D eigenvalue weighted by atomic mass is 35.5. The molecular formula is C28H34ClN5O3. The van der Waals surface area contributed by atoms with Crippen molar-refractivity contribution in [2.75, 3.05) is 26.0 Å². The summed E-state index contributed by atoms with van der Waals surface area (Å²) in [5.74, 6) is 6.27. The molecule has 196 valence electrons. The molecule has 1 atom stereocenters. The number of nitrogens with two attached hydrogens (primary N) is 1. The quantitative estimate of drug-likeness (QED) is 0.188. The molecule has 1 aromatic carbocycles. The number of carbonyl (C=O) groups excluding carboxylic acids is 1. The predicted molar refractivity (Wildman–Crippen MR) is 147 cm³/mol. The van der Waals surface area contributed by atoms with Gasteiger partial charge in [-0.05, 0) is 58.4 Å². The number of methoxy groups -OCH3 is 1. The minimum absolute atomic E-state index is 0.114. The van der Waals surface area contributed by atoms with Gasteiger partial charge in [-0.1, -0.05) is 47.7 Å². The molecule has 3 aromatic rings. The fourth-order valence-corrected chi connectivity index (χ4v) is 3.82. The molecule has 9 heteroatoms. The largest absolute Gasteiger partial charge is 0.459 e. The van der Waals surface area contributed by atoms with Gasteiger partial charge < -0.3 is 25.1 Å². The van der Waals surface area contributed by atoms with E-state index in [0.29, 0.717) is 30.7 Å². The maximum Gasteiger partial charge on any atom is 0.323 e. The molecule has 0 aliphatic carbocycles. The van der Waals surface area contributed by atoms with Crippen LogP contribution in [0.1, 0.15) is 44.4 Å². The molecule has 2 heterocycles. The van der Waals surface area contributed by atoms with Crippen LogP contribution in [0.15, 0.2) is 42.6 Å². The number of anilines is 1. The summed E-state index contributed by atoms with van der Waals surface area (Å²) in [5, 5.41) is 4.16. The summed E-state index contributed by atoms with van der Waals surface area (Å²) in [6.07, 6.45) is 6.59. The zero-order valence-corrected chi connectivity index (χ0v) is 22.7. The molecule has 0 spiro atoms. The van der Waals surface area contributed by atoms with Crippen molar-refractivity contribution in [2.45, 2.75) is 52.3 Å². The molecule has 0 saturated carbocycles. The Hall–Kier alpha value is -3.38. The smallest absolute Gasteiger partial charge is 0.323 e. The van der Waals surface area contributed by atoms with Gasteiger partial charge in [-0.2, -0.15) is 4.98 Å². The number of allylic oxidation sites excluding steroid dienone is 1. The highest BCUT2D eigenvalue weighted by Crippen LogP contribution is 2.26. The SMILES string of the molecule is COC/C=C/Cn1cc(C#Cc2ccc(CCNC(C)C(=O)OC(C)(C)C)cc2)c2c(Cl)nc(N)nc21. The van der Waals surface area contributed by atoms with E-state index in [1.54, 1.807) is 7.11 Å². The Balaban J connectivity index is 1.68. The number of rotatable bonds is 9. The average Bonchev–Trinajstić information content (AvgIpc) is 3.17. The molecule has 3 rings (SSSR count). The average molecular weight is 524 g/mol. The number of halogens is 1. The Morgan fingerprint density at radius 3 is 2.62 bits per heavy atom. The number of fused-ring (bicyclic) bond motifs is 1. The summed E-state index contributed by atoms with van der Waals surface area (Å²) in [6, 6.07) is 7.65. The van der Waals surface area contributed by atoms with E-state index in [0.717, 1.165) is 23.1 Å². The van der Waals surface area contributed by atoms with E-state index in [9.17, 15) is 4.79 Å². The highest BCUT2D eigenvalue weighted by Gasteiger charge is 2.21. The first-order valence-electron chi connectivity index (χ1n) is 12.1. The minimum Gasteiger partial charge on any atom is -0.459 e. The van der Waals surface area contributed by atoms with Crippen LogP contribution >= 0.6 is 11.6 Å². The van der Waals surface area contributed by atoms with E-state index in [-0.39, 0.29) is 23.1 Å². The first-order chi connectivity index (χ1) is 17.6. The van der Waals surface area contributed by atoms with Crippen molar-refractivity contribution in [3.63, 3.8) is 0 Å². The van der Waals surface area contributed by atoms with Gasteiger partial charge >= 0.3 is 5.97 Å². The lowest BCUT2D eigenvalue weighted by atomic mass is 10.1. The Kier molecular flexibility index (Phi) is 9.70. The van der Waals surface area contributed by atoms with Crippen LogP contribution in [0.4, 0.5) is 5.95 Å². The molecule has 3 N–H and O–H groups in total. The van der Waals surface area contributed by atoms with Gasteiger partial charge in [0, 0.05) is 25.4 Å². The molecule has 0 aliphatic heterocycles. The van der Waals surface area contributed by atoms with Crippen molar-refractivity contribution in [1.82, 2.24) is 19.9 Å². The van der Waals surface area contributed by atoms with Crippen LogP contribution in [-0.2, 0) is 27.2 Å². The van der Waals surface area contributed by atoms with Gasteiger partial charge in [0.15, 0.2) is 0 Å². The van der Waals surface area contributed by atoms with Crippen LogP contribution in [0.3, 0.4) is 0 Å². The molecule has 37 heavy (non-hydrogen) atoms. The second kappa shape index (κ2) is 12.7. The van der Waals surface area contributed by atoms with Crippen molar-refractivity contribution in [1.29, 1.82) is 0 Å². The Morgan fingerprint density at radius 1 is 1.22 bits per heavy atom. The first-order valence-corrected chi connectivity index (χ1v) is 12.5. The van der Waals surface area contributed by atoms with Crippen molar-refractivity contribution in [3.8, 4) is 11.8 Å².